The first-order valence-electron chi connectivity index (χ1n) is 9.07. The Hall–Kier alpha value is -1.10. The van der Waals surface area contributed by atoms with Gasteiger partial charge >= 0.3 is 0 Å². The van der Waals surface area contributed by atoms with Gasteiger partial charge in [0.25, 0.3) is 0 Å². The van der Waals surface area contributed by atoms with E-state index in [1.165, 1.54) is 31.2 Å². The van der Waals surface area contributed by atoms with Gasteiger partial charge in [0, 0.05) is 44.8 Å². The van der Waals surface area contributed by atoms with Gasteiger partial charge in [-0.15, -0.1) is 0 Å². The Morgan fingerprint density at radius 3 is 2.70 bits per heavy atom. The highest BCUT2D eigenvalue weighted by molar-refractivity contribution is 5.36. The lowest BCUT2D eigenvalue weighted by Gasteiger charge is -2.27. The molecule has 0 saturated carbocycles. The predicted molar refractivity (Wildman–Crippen MR) is 94.9 cm³/mol. The van der Waals surface area contributed by atoms with Gasteiger partial charge in [-0.05, 0) is 12.5 Å². The molecule has 0 bridgehead atoms. The number of ether oxygens (including phenoxy) is 2. The normalized spacial score (nSPS) is 19.5. The van der Waals surface area contributed by atoms with Gasteiger partial charge in [-0.25, -0.2) is 0 Å². The fourth-order valence-corrected chi connectivity index (χ4v) is 3.03. The number of hydrogen-bond donors (Lipinski definition) is 2. The van der Waals surface area contributed by atoms with Crippen LogP contribution in [0.2, 0.25) is 0 Å². The van der Waals surface area contributed by atoms with Gasteiger partial charge in [-0.3, -0.25) is 0 Å². The molecular weight excluding hydrogens is 288 g/mol. The van der Waals surface area contributed by atoms with Crippen LogP contribution < -0.4 is 15.4 Å². The fourth-order valence-electron chi connectivity index (χ4n) is 3.03. The average molecular weight is 320 g/mol. The maximum absolute atomic E-state index is 6.16. The average Bonchev–Trinajstić information content (AvgIpc) is 2.61. The SMILES string of the molecule is CCCCCCCC(OC)Oc1ccccc1C1CNCCN1. The molecule has 4 nitrogen and oxygen atoms in total. The third-order valence-corrected chi connectivity index (χ3v) is 4.40. The van der Waals surface area contributed by atoms with Crippen LogP contribution in [0.3, 0.4) is 0 Å². The van der Waals surface area contributed by atoms with E-state index in [1.807, 2.05) is 6.07 Å². The third-order valence-electron chi connectivity index (χ3n) is 4.40. The van der Waals surface area contributed by atoms with Crippen LogP contribution >= 0.6 is 0 Å². The van der Waals surface area contributed by atoms with Gasteiger partial charge < -0.3 is 20.1 Å². The molecule has 2 unspecified atom stereocenters. The lowest BCUT2D eigenvalue weighted by Crippen LogP contribution is -2.42. The topological polar surface area (TPSA) is 42.5 Å². The predicted octanol–water partition coefficient (Wildman–Crippen LogP) is 3.63. The standard InChI is InChI=1S/C19H32N2O2/c1-3-4-5-6-7-12-19(22-2)23-18-11-9-8-10-16(18)17-15-20-13-14-21-17/h8-11,17,19-21H,3-7,12-15H2,1-2H3. The molecule has 2 atom stereocenters. The maximum Gasteiger partial charge on any atom is 0.199 e. The Morgan fingerprint density at radius 2 is 1.96 bits per heavy atom. The molecule has 1 heterocycles. The molecule has 1 aromatic rings. The van der Waals surface area contributed by atoms with E-state index in [1.54, 1.807) is 7.11 Å². The fraction of sp³-hybridized carbons (Fsp3) is 0.684. The number of para-hydroxylation sites is 1. The quantitative estimate of drug-likeness (QED) is 0.510. The molecule has 2 rings (SSSR count). The van der Waals surface area contributed by atoms with Crippen molar-refractivity contribution in [3.8, 4) is 5.75 Å². The highest BCUT2D eigenvalue weighted by atomic mass is 16.7. The Balaban J connectivity index is 1.89. The van der Waals surface area contributed by atoms with Crippen LogP contribution in [-0.4, -0.2) is 33.0 Å². The Bertz CT molecular complexity index is 433. The molecule has 1 aromatic carbocycles. The number of hydrogen-bond acceptors (Lipinski definition) is 4. The summed E-state index contributed by atoms with van der Waals surface area (Å²) in [6.07, 6.45) is 7.11. The zero-order chi connectivity index (χ0) is 16.3. The lowest BCUT2D eigenvalue weighted by atomic mass is 10.0. The van der Waals surface area contributed by atoms with Crippen LogP contribution in [0, 0.1) is 0 Å². The minimum atomic E-state index is -0.158. The molecule has 1 saturated heterocycles. The van der Waals surface area contributed by atoms with E-state index in [0.29, 0.717) is 6.04 Å². The van der Waals surface area contributed by atoms with Crippen molar-refractivity contribution in [2.75, 3.05) is 26.7 Å². The second kappa shape index (κ2) is 10.6. The summed E-state index contributed by atoms with van der Waals surface area (Å²) in [4.78, 5) is 0. The van der Waals surface area contributed by atoms with Crippen LogP contribution in [0.5, 0.6) is 5.75 Å². The third kappa shape index (κ3) is 6.13. The summed E-state index contributed by atoms with van der Waals surface area (Å²) in [5.41, 5.74) is 1.22. The highest BCUT2D eigenvalue weighted by Crippen LogP contribution is 2.27. The van der Waals surface area contributed by atoms with Gasteiger partial charge in [0.1, 0.15) is 5.75 Å². The molecule has 0 aromatic heterocycles. The molecule has 130 valence electrons. The minimum Gasteiger partial charge on any atom is -0.465 e. The minimum absolute atomic E-state index is 0.158. The van der Waals surface area contributed by atoms with Gasteiger partial charge in [-0.2, -0.15) is 0 Å². The molecule has 23 heavy (non-hydrogen) atoms. The zero-order valence-electron chi connectivity index (χ0n) is 14.6. The van der Waals surface area contributed by atoms with Crippen molar-refractivity contribution in [2.24, 2.45) is 0 Å². The maximum atomic E-state index is 6.16. The van der Waals surface area contributed by atoms with E-state index in [4.69, 9.17) is 9.47 Å². The van der Waals surface area contributed by atoms with Gasteiger partial charge in [0.15, 0.2) is 6.29 Å². The summed E-state index contributed by atoms with van der Waals surface area (Å²) >= 11 is 0. The number of unbranched alkanes of at least 4 members (excludes halogenated alkanes) is 4. The number of piperazine rings is 1. The smallest absolute Gasteiger partial charge is 0.199 e. The van der Waals surface area contributed by atoms with E-state index in [9.17, 15) is 0 Å². The Morgan fingerprint density at radius 1 is 1.13 bits per heavy atom. The molecule has 2 N–H and O–H groups in total. The highest BCUT2D eigenvalue weighted by Gasteiger charge is 2.19. The van der Waals surface area contributed by atoms with Crippen molar-refractivity contribution in [3.63, 3.8) is 0 Å². The summed E-state index contributed by atoms with van der Waals surface area (Å²) in [7, 11) is 1.74. The summed E-state index contributed by atoms with van der Waals surface area (Å²) < 4.78 is 11.7. The monoisotopic (exact) mass is 320 g/mol. The van der Waals surface area contributed by atoms with Crippen LogP contribution in [0.25, 0.3) is 0 Å². The number of rotatable bonds is 10. The van der Waals surface area contributed by atoms with Crippen molar-refractivity contribution < 1.29 is 9.47 Å². The summed E-state index contributed by atoms with van der Waals surface area (Å²) in [6, 6.07) is 8.61. The van der Waals surface area contributed by atoms with Crippen molar-refractivity contribution in [1.29, 1.82) is 0 Å². The van der Waals surface area contributed by atoms with Crippen LogP contribution in [0.1, 0.15) is 57.1 Å². The molecule has 0 spiro atoms. The van der Waals surface area contributed by atoms with Crippen molar-refractivity contribution in [2.45, 2.75) is 57.8 Å². The Labute approximate surface area is 140 Å². The van der Waals surface area contributed by atoms with E-state index >= 15 is 0 Å². The van der Waals surface area contributed by atoms with E-state index in [2.05, 4.69) is 35.8 Å². The number of methoxy groups -OCH3 is 1. The molecule has 1 aliphatic heterocycles. The molecule has 0 radical (unpaired) electrons. The van der Waals surface area contributed by atoms with Crippen molar-refractivity contribution >= 4 is 0 Å². The van der Waals surface area contributed by atoms with E-state index in [-0.39, 0.29) is 6.29 Å². The molecule has 4 heteroatoms. The summed E-state index contributed by atoms with van der Waals surface area (Å²) in [6.45, 7) is 5.20. The lowest BCUT2D eigenvalue weighted by molar-refractivity contribution is -0.0601. The van der Waals surface area contributed by atoms with E-state index < -0.39 is 0 Å². The molecular formula is C19H32N2O2. The first kappa shape index (κ1) is 18.2. The number of benzene rings is 1. The second-order valence-corrected chi connectivity index (χ2v) is 6.23. The number of nitrogens with one attached hydrogen (secondary N) is 2. The molecule has 1 aliphatic rings. The van der Waals surface area contributed by atoms with Gasteiger partial charge in [-0.1, -0.05) is 50.8 Å². The first-order valence-corrected chi connectivity index (χ1v) is 9.07. The van der Waals surface area contributed by atoms with E-state index in [0.717, 1.165) is 38.2 Å². The largest absolute Gasteiger partial charge is 0.465 e. The molecule has 0 aliphatic carbocycles. The summed E-state index contributed by atoms with van der Waals surface area (Å²) in [5, 5.41) is 6.98. The van der Waals surface area contributed by atoms with Crippen molar-refractivity contribution in [3.05, 3.63) is 29.8 Å². The van der Waals surface area contributed by atoms with Crippen LogP contribution in [0.15, 0.2) is 24.3 Å². The van der Waals surface area contributed by atoms with Gasteiger partial charge in [0.05, 0.1) is 0 Å². The Kier molecular flexibility index (Phi) is 8.43. The first-order chi connectivity index (χ1) is 11.3. The second-order valence-electron chi connectivity index (χ2n) is 6.23. The van der Waals surface area contributed by atoms with Crippen molar-refractivity contribution in [1.82, 2.24) is 10.6 Å². The van der Waals surface area contributed by atoms with Gasteiger partial charge in [0.2, 0.25) is 0 Å². The summed E-state index contributed by atoms with van der Waals surface area (Å²) in [5.74, 6) is 0.939. The molecule has 0 amide bonds. The van der Waals surface area contributed by atoms with Crippen LogP contribution in [0.4, 0.5) is 0 Å². The van der Waals surface area contributed by atoms with Crippen LogP contribution in [-0.2, 0) is 4.74 Å². The zero-order valence-corrected chi connectivity index (χ0v) is 14.6. The molecule has 1 fully saturated rings.